The third-order valence-electron chi connectivity index (χ3n) is 6.23. The van der Waals surface area contributed by atoms with E-state index in [4.69, 9.17) is 23.2 Å². The number of anilines is 1. The molecule has 3 aromatic rings. The van der Waals surface area contributed by atoms with E-state index in [9.17, 15) is 18.0 Å². The van der Waals surface area contributed by atoms with Gasteiger partial charge in [-0.2, -0.15) is 0 Å². The highest BCUT2D eigenvalue weighted by molar-refractivity contribution is 7.92. The number of benzene rings is 3. The van der Waals surface area contributed by atoms with E-state index in [0.29, 0.717) is 19.4 Å². The Hall–Kier alpha value is -3.07. The lowest BCUT2D eigenvalue weighted by molar-refractivity contribution is -0.139. The number of hydrogen-bond donors (Lipinski definition) is 1. The lowest BCUT2D eigenvalue weighted by atomic mass is 10.1. The van der Waals surface area contributed by atoms with Crippen LogP contribution >= 0.6 is 23.2 Å². The van der Waals surface area contributed by atoms with Crippen molar-refractivity contribution in [2.75, 3.05) is 23.9 Å². The Labute approximate surface area is 240 Å². The SMILES string of the molecule is CCCNC(=O)[C@@H](CC)N(CCc1ccccc1)C(=O)CN(c1cccc(Cl)c1Cl)S(=O)(=O)c1ccccc1. The molecule has 2 amide bonds. The van der Waals surface area contributed by atoms with E-state index in [-0.39, 0.29) is 33.1 Å². The maximum atomic E-state index is 14.0. The molecule has 3 rings (SSSR count). The summed E-state index contributed by atoms with van der Waals surface area (Å²) in [5.41, 5.74) is 1.07. The maximum absolute atomic E-state index is 14.0. The van der Waals surface area contributed by atoms with Crippen LogP contribution in [0.2, 0.25) is 10.0 Å². The predicted octanol–water partition coefficient (Wildman–Crippen LogP) is 5.56. The average Bonchev–Trinajstić information content (AvgIpc) is 2.95. The fourth-order valence-corrected chi connectivity index (χ4v) is 6.07. The molecule has 0 aliphatic rings. The van der Waals surface area contributed by atoms with Crippen LogP contribution in [-0.2, 0) is 26.0 Å². The molecule has 0 unspecified atom stereocenters. The van der Waals surface area contributed by atoms with E-state index >= 15 is 0 Å². The van der Waals surface area contributed by atoms with E-state index in [1.807, 2.05) is 44.2 Å². The minimum Gasteiger partial charge on any atom is -0.354 e. The van der Waals surface area contributed by atoms with E-state index in [1.54, 1.807) is 30.3 Å². The number of sulfonamides is 1. The minimum absolute atomic E-state index is 0.00240. The van der Waals surface area contributed by atoms with Gasteiger partial charge in [-0.05, 0) is 49.1 Å². The van der Waals surface area contributed by atoms with Crippen molar-refractivity contribution in [3.63, 3.8) is 0 Å². The molecule has 0 saturated carbocycles. The molecule has 0 aromatic heterocycles. The molecule has 1 atom stereocenters. The Balaban J connectivity index is 2.03. The van der Waals surface area contributed by atoms with Crippen LogP contribution < -0.4 is 9.62 Å². The summed E-state index contributed by atoms with van der Waals surface area (Å²) in [6, 6.07) is 21.2. The van der Waals surface area contributed by atoms with E-state index in [1.165, 1.54) is 23.1 Å². The predicted molar refractivity (Wildman–Crippen MR) is 157 cm³/mol. The Morgan fingerprint density at radius 1 is 0.897 bits per heavy atom. The lowest BCUT2D eigenvalue weighted by Crippen LogP contribution is -2.53. The van der Waals surface area contributed by atoms with Crippen LogP contribution in [0.15, 0.2) is 83.8 Å². The summed E-state index contributed by atoms with van der Waals surface area (Å²) >= 11 is 12.7. The van der Waals surface area contributed by atoms with Crippen molar-refractivity contribution in [2.24, 2.45) is 0 Å². The zero-order valence-electron chi connectivity index (χ0n) is 22.0. The molecular formula is C29H33Cl2N3O4S. The van der Waals surface area contributed by atoms with Crippen LogP contribution in [0.1, 0.15) is 32.3 Å². The van der Waals surface area contributed by atoms with Crippen LogP contribution in [-0.4, -0.2) is 50.8 Å². The fraction of sp³-hybridized carbons (Fsp3) is 0.310. The third kappa shape index (κ3) is 7.75. The summed E-state index contributed by atoms with van der Waals surface area (Å²) in [4.78, 5) is 28.5. The Morgan fingerprint density at radius 3 is 2.15 bits per heavy atom. The fourth-order valence-electron chi connectivity index (χ4n) is 4.18. The van der Waals surface area contributed by atoms with Gasteiger partial charge in [0.05, 0.1) is 20.6 Å². The summed E-state index contributed by atoms with van der Waals surface area (Å²) in [6.45, 7) is 3.90. The quantitative estimate of drug-likeness (QED) is 0.282. The first-order chi connectivity index (χ1) is 18.7. The molecule has 208 valence electrons. The number of hydrogen-bond acceptors (Lipinski definition) is 4. The summed E-state index contributed by atoms with van der Waals surface area (Å²) in [6.07, 6.45) is 1.60. The first kappa shape index (κ1) is 30.5. The molecule has 0 aliphatic heterocycles. The van der Waals surface area contributed by atoms with Crippen LogP contribution in [0.5, 0.6) is 0 Å². The molecule has 0 heterocycles. The largest absolute Gasteiger partial charge is 0.354 e. The number of carbonyl (C=O) groups excluding carboxylic acids is 2. The Kier molecular flexibility index (Phi) is 11.2. The Morgan fingerprint density at radius 2 is 1.54 bits per heavy atom. The zero-order valence-corrected chi connectivity index (χ0v) is 24.3. The van der Waals surface area contributed by atoms with Crippen molar-refractivity contribution >= 4 is 50.7 Å². The van der Waals surface area contributed by atoms with Gasteiger partial charge in [0, 0.05) is 13.1 Å². The molecular weight excluding hydrogens is 557 g/mol. The van der Waals surface area contributed by atoms with E-state index in [0.717, 1.165) is 16.3 Å². The van der Waals surface area contributed by atoms with Crippen molar-refractivity contribution in [1.82, 2.24) is 10.2 Å². The smallest absolute Gasteiger partial charge is 0.264 e. The minimum atomic E-state index is -4.21. The molecule has 0 saturated heterocycles. The molecule has 0 aliphatic carbocycles. The normalized spacial score (nSPS) is 12.0. The van der Waals surface area contributed by atoms with Gasteiger partial charge >= 0.3 is 0 Å². The van der Waals surface area contributed by atoms with Gasteiger partial charge < -0.3 is 10.2 Å². The monoisotopic (exact) mass is 589 g/mol. The van der Waals surface area contributed by atoms with Gasteiger partial charge in [-0.3, -0.25) is 13.9 Å². The standard InChI is InChI=1S/C29H33Cl2N3O4S/c1-3-19-32-29(36)25(4-2)33(20-18-22-12-7-5-8-13-22)27(35)21-34(26-17-11-16-24(30)28(26)31)39(37,38)23-14-9-6-10-15-23/h5-17,25H,3-4,18-21H2,1-2H3,(H,32,36)/t25-/m1/s1. The highest BCUT2D eigenvalue weighted by Gasteiger charge is 2.34. The van der Waals surface area contributed by atoms with Crippen LogP contribution in [0, 0.1) is 0 Å². The van der Waals surface area contributed by atoms with Gasteiger partial charge in [0.25, 0.3) is 10.0 Å². The number of nitrogens with one attached hydrogen (secondary N) is 1. The van der Waals surface area contributed by atoms with E-state index in [2.05, 4.69) is 5.32 Å². The molecule has 0 radical (unpaired) electrons. The highest BCUT2D eigenvalue weighted by Crippen LogP contribution is 2.35. The Bertz CT molecular complexity index is 1360. The molecule has 0 fully saturated rings. The van der Waals surface area contributed by atoms with Gasteiger partial charge in [-0.1, -0.05) is 91.6 Å². The van der Waals surface area contributed by atoms with Crippen LogP contribution in [0.3, 0.4) is 0 Å². The van der Waals surface area contributed by atoms with Crippen molar-refractivity contribution in [3.8, 4) is 0 Å². The molecule has 0 spiro atoms. The number of amides is 2. The third-order valence-corrected chi connectivity index (χ3v) is 8.81. The molecule has 3 aromatic carbocycles. The van der Waals surface area contributed by atoms with Crippen LogP contribution in [0.25, 0.3) is 0 Å². The van der Waals surface area contributed by atoms with Gasteiger partial charge in [-0.15, -0.1) is 0 Å². The topological polar surface area (TPSA) is 86.8 Å². The number of nitrogens with zero attached hydrogens (tertiary/aromatic N) is 2. The van der Waals surface area contributed by atoms with Gasteiger partial charge in [0.15, 0.2) is 0 Å². The second-order valence-electron chi connectivity index (χ2n) is 8.94. The first-order valence-electron chi connectivity index (χ1n) is 12.8. The average molecular weight is 591 g/mol. The van der Waals surface area contributed by atoms with Crippen molar-refractivity contribution in [1.29, 1.82) is 0 Å². The zero-order chi connectivity index (χ0) is 28.4. The lowest BCUT2D eigenvalue weighted by Gasteiger charge is -2.33. The van der Waals surface area contributed by atoms with Crippen molar-refractivity contribution in [2.45, 2.75) is 44.0 Å². The molecule has 10 heteroatoms. The maximum Gasteiger partial charge on any atom is 0.264 e. The number of carbonyl (C=O) groups is 2. The molecule has 0 bridgehead atoms. The molecule has 7 nitrogen and oxygen atoms in total. The number of rotatable bonds is 13. The first-order valence-corrected chi connectivity index (χ1v) is 15.0. The summed E-state index contributed by atoms with van der Waals surface area (Å²) in [5.74, 6) is -0.806. The van der Waals surface area contributed by atoms with Crippen LogP contribution in [0.4, 0.5) is 5.69 Å². The van der Waals surface area contributed by atoms with Gasteiger partial charge in [-0.25, -0.2) is 8.42 Å². The number of halogens is 2. The van der Waals surface area contributed by atoms with Crippen molar-refractivity contribution < 1.29 is 18.0 Å². The summed E-state index contributed by atoms with van der Waals surface area (Å²) < 4.78 is 28.6. The van der Waals surface area contributed by atoms with E-state index < -0.39 is 28.5 Å². The van der Waals surface area contributed by atoms with Gasteiger partial charge in [0.2, 0.25) is 11.8 Å². The second-order valence-corrected chi connectivity index (χ2v) is 11.6. The molecule has 39 heavy (non-hydrogen) atoms. The van der Waals surface area contributed by atoms with Crippen molar-refractivity contribution in [3.05, 3.63) is 94.5 Å². The highest BCUT2D eigenvalue weighted by atomic mass is 35.5. The van der Waals surface area contributed by atoms with Gasteiger partial charge in [0.1, 0.15) is 12.6 Å². The summed E-state index contributed by atoms with van der Waals surface area (Å²) in [5, 5.41) is 3.03. The second kappa shape index (κ2) is 14.4. The molecule has 1 N–H and O–H groups in total. The summed E-state index contributed by atoms with van der Waals surface area (Å²) in [7, 11) is -4.21.